The lowest BCUT2D eigenvalue weighted by atomic mass is 9.92. The molecule has 1 aromatic carbocycles. The van der Waals surface area contributed by atoms with Crippen molar-refractivity contribution in [3.8, 4) is 0 Å². The molecule has 0 unspecified atom stereocenters. The van der Waals surface area contributed by atoms with Gasteiger partial charge in [-0.25, -0.2) is 0 Å². The Kier molecular flexibility index (Phi) is 4.42. The van der Waals surface area contributed by atoms with Crippen LogP contribution < -0.4 is 10.6 Å². The lowest BCUT2D eigenvalue weighted by molar-refractivity contribution is -0.123. The average molecular weight is 314 g/mol. The minimum Gasteiger partial charge on any atom is -0.355 e. The van der Waals surface area contributed by atoms with Gasteiger partial charge in [0, 0.05) is 30.8 Å². The smallest absolute Gasteiger partial charge is 0.223 e. The Bertz CT molecular complexity index is 607. The maximum absolute atomic E-state index is 12.0. The number of carbonyl (C=O) groups excluding carboxylic acids is 2. The second kappa shape index (κ2) is 6.34. The highest BCUT2D eigenvalue weighted by Gasteiger charge is 2.45. The van der Waals surface area contributed by atoms with Gasteiger partial charge in [0.1, 0.15) is 0 Å². The first-order chi connectivity index (χ1) is 11.0. The zero-order valence-electron chi connectivity index (χ0n) is 14.0. The third-order valence-corrected chi connectivity index (χ3v) is 5.29. The molecule has 4 heteroatoms. The van der Waals surface area contributed by atoms with Crippen LogP contribution in [-0.4, -0.2) is 24.9 Å². The number of aryl methyl sites for hydroxylation is 1. The van der Waals surface area contributed by atoms with Gasteiger partial charge in [-0.3, -0.25) is 9.59 Å². The number of carbonyl (C=O) groups is 2. The Morgan fingerprint density at radius 2 is 1.91 bits per heavy atom. The minimum atomic E-state index is 0.0222. The molecule has 2 N–H and O–H groups in total. The van der Waals surface area contributed by atoms with Crippen molar-refractivity contribution in [2.24, 2.45) is 11.8 Å². The highest BCUT2D eigenvalue weighted by molar-refractivity contribution is 5.82. The van der Waals surface area contributed by atoms with Gasteiger partial charge in [0.15, 0.2) is 0 Å². The number of hydrogen-bond donors (Lipinski definition) is 2. The van der Waals surface area contributed by atoms with Gasteiger partial charge in [-0.15, -0.1) is 0 Å². The highest BCUT2D eigenvalue weighted by Crippen LogP contribution is 2.48. The molecular weight excluding hydrogens is 288 g/mol. The second-order valence-corrected chi connectivity index (χ2v) is 7.23. The number of benzene rings is 1. The average Bonchev–Trinajstić information content (AvgIpc) is 3.43. The Morgan fingerprint density at radius 1 is 1.22 bits per heavy atom. The van der Waals surface area contributed by atoms with E-state index in [0.717, 1.165) is 19.3 Å². The first-order valence-electron chi connectivity index (χ1n) is 8.62. The molecule has 0 saturated heterocycles. The molecular formula is C19H26N2O2. The summed E-state index contributed by atoms with van der Waals surface area (Å²) in [7, 11) is 0. The van der Waals surface area contributed by atoms with Crippen LogP contribution in [0.4, 0.5) is 0 Å². The summed E-state index contributed by atoms with van der Waals surface area (Å²) in [5.74, 6) is 0.805. The molecule has 124 valence electrons. The molecule has 0 radical (unpaired) electrons. The first kappa shape index (κ1) is 16.0. The van der Waals surface area contributed by atoms with E-state index in [0.29, 0.717) is 25.4 Å². The van der Waals surface area contributed by atoms with E-state index >= 15 is 0 Å². The zero-order chi connectivity index (χ0) is 16.4. The van der Waals surface area contributed by atoms with Gasteiger partial charge in [0.25, 0.3) is 0 Å². The van der Waals surface area contributed by atoms with Crippen molar-refractivity contribution >= 4 is 11.8 Å². The fourth-order valence-corrected chi connectivity index (χ4v) is 3.33. The quantitative estimate of drug-likeness (QED) is 0.811. The Morgan fingerprint density at radius 3 is 2.52 bits per heavy atom. The molecule has 0 spiro atoms. The van der Waals surface area contributed by atoms with Crippen molar-refractivity contribution in [2.45, 2.75) is 44.9 Å². The van der Waals surface area contributed by atoms with Crippen LogP contribution in [0.1, 0.15) is 43.7 Å². The molecule has 1 aromatic rings. The van der Waals surface area contributed by atoms with Gasteiger partial charge >= 0.3 is 0 Å². The van der Waals surface area contributed by atoms with Crippen LogP contribution in [0.15, 0.2) is 24.3 Å². The SMILES string of the molecule is Cc1ccccc1C1(CNC(=O)CCNC(=O)[C@H]2C[C@@H]2C)CC1. The number of nitrogens with one attached hydrogen (secondary N) is 2. The van der Waals surface area contributed by atoms with E-state index in [9.17, 15) is 9.59 Å². The second-order valence-electron chi connectivity index (χ2n) is 7.23. The lowest BCUT2D eigenvalue weighted by Crippen LogP contribution is -2.35. The van der Waals surface area contributed by atoms with E-state index in [1.165, 1.54) is 11.1 Å². The summed E-state index contributed by atoms with van der Waals surface area (Å²) in [5, 5.41) is 5.91. The minimum absolute atomic E-state index is 0.0222. The zero-order valence-corrected chi connectivity index (χ0v) is 14.0. The topological polar surface area (TPSA) is 58.2 Å². The molecule has 2 amide bonds. The molecule has 0 aromatic heterocycles. The monoisotopic (exact) mass is 314 g/mol. The van der Waals surface area contributed by atoms with E-state index in [1.54, 1.807) is 0 Å². The summed E-state index contributed by atoms with van der Waals surface area (Å²) < 4.78 is 0. The lowest BCUT2D eigenvalue weighted by Gasteiger charge is -2.19. The summed E-state index contributed by atoms with van der Waals surface area (Å²) in [6, 6.07) is 8.42. The van der Waals surface area contributed by atoms with Crippen molar-refractivity contribution in [3.63, 3.8) is 0 Å². The van der Waals surface area contributed by atoms with E-state index in [2.05, 4.69) is 48.7 Å². The van der Waals surface area contributed by atoms with Crippen molar-refractivity contribution in [3.05, 3.63) is 35.4 Å². The van der Waals surface area contributed by atoms with Crippen LogP contribution >= 0.6 is 0 Å². The molecule has 2 atom stereocenters. The largest absolute Gasteiger partial charge is 0.355 e. The van der Waals surface area contributed by atoms with Crippen LogP contribution in [0.2, 0.25) is 0 Å². The van der Waals surface area contributed by atoms with Gasteiger partial charge < -0.3 is 10.6 Å². The van der Waals surface area contributed by atoms with E-state index in [1.807, 2.05) is 0 Å². The third-order valence-electron chi connectivity index (χ3n) is 5.29. The fraction of sp³-hybridized carbons (Fsp3) is 0.579. The molecule has 0 heterocycles. The van der Waals surface area contributed by atoms with E-state index < -0.39 is 0 Å². The van der Waals surface area contributed by atoms with E-state index in [4.69, 9.17) is 0 Å². The van der Waals surface area contributed by atoms with Crippen molar-refractivity contribution in [1.82, 2.24) is 10.6 Å². The molecule has 3 rings (SSSR count). The number of rotatable bonds is 7. The predicted octanol–water partition coefficient (Wildman–Crippen LogP) is 2.31. The molecule has 0 bridgehead atoms. The molecule has 2 saturated carbocycles. The summed E-state index contributed by atoms with van der Waals surface area (Å²) in [5.41, 5.74) is 2.79. The van der Waals surface area contributed by atoms with Crippen LogP contribution in [0.3, 0.4) is 0 Å². The van der Waals surface area contributed by atoms with Crippen molar-refractivity contribution in [2.75, 3.05) is 13.1 Å². The standard InChI is InChI=1S/C19H26N2O2/c1-13-5-3-4-6-16(13)19(8-9-19)12-21-17(22)7-10-20-18(23)15-11-14(15)2/h3-6,14-15H,7-12H2,1-2H3,(H,20,23)(H,21,22)/t14-,15-/m0/s1. The fourth-order valence-electron chi connectivity index (χ4n) is 3.33. The van der Waals surface area contributed by atoms with Crippen molar-refractivity contribution < 1.29 is 9.59 Å². The Balaban J connectivity index is 1.41. The number of amides is 2. The van der Waals surface area contributed by atoms with Gasteiger partial charge in [-0.1, -0.05) is 31.2 Å². The molecule has 2 aliphatic carbocycles. The Hall–Kier alpha value is -1.84. The van der Waals surface area contributed by atoms with Gasteiger partial charge in [-0.05, 0) is 43.2 Å². The summed E-state index contributed by atoms with van der Waals surface area (Å²) >= 11 is 0. The van der Waals surface area contributed by atoms with Crippen LogP contribution in [0, 0.1) is 18.8 Å². The van der Waals surface area contributed by atoms with Gasteiger partial charge in [0.05, 0.1) is 0 Å². The van der Waals surface area contributed by atoms with Gasteiger partial charge in [0.2, 0.25) is 11.8 Å². The maximum atomic E-state index is 12.0. The molecule has 0 aliphatic heterocycles. The molecule has 2 fully saturated rings. The normalized spacial score (nSPS) is 23.9. The van der Waals surface area contributed by atoms with Crippen LogP contribution in [0.25, 0.3) is 0 Å². The first-order valence-corrected chi connectivity index (χ1v) is 8.62. The predicted molar refractivity (Wildman–Crippen MR) is 90.0 cm³/mol. The summed E-state index contributed by atoms with van der Waals surface area (Å²) in [4.78, 5) is 23.7. The number of hydrogen-bond acceptors (Lipinski definition) is 2. The van der Waals surface area contributed by atoms with Crippen LogP contribution in [-0.2, 0) is 15.0 Å². The summed E-state index contributed by atoms with van der Waals surface area (Å²) in [6.45, 7) is 5.35. The summed E-state index contributed by atoms with van der Waals surface area (Å²) in [6.07, 6.45) is 3.61. The highest BCUT2D eigenvalue weighted by atomic mass is 16.2. The van der Waals surface area contributed by atoms with Crippen LogP contribution in [0.5, 0.6) is 0 Å². The van der Waals surface area contributed by atoms with E-state index in [-0.39, 0.29) is 23.1 Å². The van der Waals surface area contributed by atoms with Gasteiger partial charge in [-0.2, -0.15) is 0 Å². The molecule has 23 heavy (non-hydrogen) atoms. The van der Waals surface area contributed by atoms with Crippen molar-refractivity contribution in [1.29, 1.82) is 0 Å². The maximum Gasteiger partial charge on any atom is 0.223 e. The molecule has 4 nitrogen and oxygen atoms in total. The Labute approximate surface area is 138 Å². The third kappa shape index (κ3) is 3.74. The molecule has 2 aliphatic rings.